The predicted octanol–water partition coefficient (Wildman–Crippen LogP) is 1.80. The summed E-state index contributed by atoms with van der Waals surface area (Å²) < 4.78 is 30.2. The van der Waals surface area contributed by atoms with Crippen molar-refractivity contribution in [3.05, 3.63) is 0 Å². The number of carbonyl (C=O) groups excluding carboxylic acids is 2. The molecule has 1 rings (SSSR count). The molecule has 7 nitrogen and oxygen atoms in total. The van der Waals surface area contributed by atoms with Crippen LogP contribution in [-0.4, -0.2) is 72.3 Å². The first-order valence-electron chi connectivity index (χ1n) is 8.11. The monoisotopic (exact) mass is 504 g/mol. The van der Waals surface area contributed by atoms with Crippen molar-refractivity contribution in [3.8, 4) is 0 Å². The van der Waals surface area contributed by atoms with Gasteiger partial charge in [-0.3, -0.25) is 4.79 Å². The highest BCUT2D eigenvalue weighted by molar-refractivity contribution is 9.13. The number of piperidine rings is 1. The Balaban J connectivity index is 2.76. The Hall–Kier alpha value is -0.190. The summed E-state index contributed by atoms with van der Waals surface area (Å²) in [7, 11) is -0.515. The van der Waals surface area contributed by atoms with E-state index >= 15 is 0 Å². The third-order valence-electron chi connectivity index (χ3n) is 4.45. The number of amides is 1. The number of alkyl halides is 2. The van der Waals surface area contributed by atoms with Crippen molar-refractivity contribution in [1.29, 1.82) is 0 Å². The molecule has 1 aliphatic heterocycles. The van der Waals surface area contributed by atoms with Crippen LogP contribution in [0.4, 0.5) is 0 Å². The van der Waals surface area contributed by atoms with Crippen LogP contribution in [0.1, 0.15) is 26.7 Å². The predicted molar refractivity (Wildman–Crippen MR) is 103 cm³/mol. The zero-order valence-corrected chi connectivity index (χ0v) is 18.9. The lowest BCUT2D eigenvalue weighted by Gasteiger charge is -2.36. The minimum absolute atomic E-state index is 0.0741. The fourth-order valence-electron chi connectivity index (χ4n) is 3.02. The quantitative estimate of drug-likeness (QED) is 0.389. The van der Waals surface area contributed by atoms with Crippen molar-refractivity contribution in [2.45, 2.75) is 36.9 Å². The highest BCUT2D eigenvalue weighted by Gasteiger charge is 2.38. The second-order valence-corrected chi connectivity index (χ2v) is 10.9. The molecule has 0 aromatic heterocycles. The number of rotatable bonds is 7. The van der Waals surface area contributed by atoms with Gasteiger partial charge in [-0.25, -0.2) is 17.5 Å². The Morgan fingerprint density at radius 3 is 2.20 bits per heavy atom. The fourth-order valence-corrected chi connectivity index (χ4v) is 5.94. The number of esters is 1. The topological polar surface area (TPSA) is 84.0 Å². The van der Waals surface area contributed by atoms with Crippen molar-refractivity contribution in [1.82, 2.24) is 9.21 Å². The molecule has 146 valence electrons. The lowest BCUT2D eigenvalue weighted by Crippen LogP contribution is -2.51. The van der Waals surface area contributed by atoms with Gasteiger partial charge in [0, 0.05) is 31.4 Å². The normalized spacial score (nSPS) is 19.5. The molecule has 1 saturated heterocycles. The lowest BCUT2D eigenvalue weighted by molar-refractivity contribution is -0.155. The van der Waals surface area contributed by atoms with Crippen LogP contribution < -0.4 is 0 Å². The molecule has 0 N–H and O–H groups in total. The number of hydrogen-bond acceptors (Lipinski definition) is 5. The number of methoxy groups -OCH3 is 1. The van der Waals surface area contributed by atoms with Gasteiger partial charge in [0.25, 0.3) is 0 Å². The first kappa shape index (κ1) is 22.9. The van der Waals surface area contributed by atoms with E-state index in [1.54, 1.807) is 7.05 Å². The second kappa shape index (κ2) is 9.66. The Morgan fingerprint density at radius 1 is 1.28 bits per heavy atom. The summed E-state index contributed by atoms with van der Waals surface area (Å²) in [4.78, 5) is 26.1. The van der Waals surface area contributed by atoms with E-state index < -0.39 is 26.2 Å². The van der Waals surface area contributed by atoms with Crippen LogP contribution in [0.3, 0.4) is 0 Å². The first-order valence-corrected chi connectivity index (χ1v) is 11.6. The van der Waals surface area contributed by atoms with Crippen LogP contribution in [-0.2, 0) is 24.3 Å². The summed E-state index contributed by atoms with van der Waals surface area (Å²) in [5.41, 5.74) is 0. The summed E-state index contributed by atoms with van der Waals surface area (Å²) in [5.74, 6) is -0.947. The molecule has 0 spiro atoms. The van der Waals surface area contributed by atoms with Crippen LogP contribution in [0.15, 0.2) is 0 Å². The average Bonchev–Trinajstić information content (AvgIpc) is 2.59. The molecule has 10 heteroatoms. The minimum Gasteiger partial charge on any atom is -0.467 e. The molecular formula is C15H26Br2N2O5S. The molecule has 2 atom stereocenters. The van der Waals surface area contributed by atoms with E-state index in [4.69, 9.17) is 4.74 Å². The molecule has 0 radical (unpaired) electrons. The SMILES string of the molecule is COC(=O)[C@H](C(C)C)N(C)C(=O)C1CCN(S(=O)(=O)C(Br)CBr)CC1. The van der Waals surface area contributed by atoms with Crippen LogP contribution in [0, 0.1) is 11.8 Å². The number of ether oxygens (including phenoxy) is 1. The van der Waals surface area contributed by atoms with Crippen LogP contribution in [0.25, 0.3) is 0 Å². The molecule has 0 bridgehead atoms. The summed E-state index contributed by atoms with van der Waals surface area (Å²) >= 11 is 6.32. The Labute approximate surface area is 166 Å². The Morgan fingerprint density at radius 2 is 1.80 bits per heavy atom. The zero-order chi connectivity index (χ0) is 19.4. The highest BCUT2D eigenvalue weighted by atomic mass is 79.9. The van der Waals surface area contributed by atoms with Crippen molar-refractivity contribution < 1.29 is 22.7 Å². The largest absolute Gasteiger partial charge is 0.467 e. The van der Waals surface area contributed by atoms with E-state index in [1.807, 2.05) is 13.8 Å². The summed E-state index contributed by atoms with van der Waals surface area (Å²) in [6, 6.07) is -0.639. The van der Waals surface area contributed by atoms with Crippen LogP contribution >= 0.6 is 31.9 Å². The van der Waals surface area contributed by atoms with Crippen molar-refractivity contribution in [2.75, 3.05) is 32.6 Å². The number of likely N-dealkylation sites (N-methyl/N-ethyl adjacent to an activating group) is 1. The van der Waals surface area contributed by atoms with E-state index in [0.29, 0.717) is 31.3 Å². The first-order chi connectivity index (χ1) is 11.6. The number of carbonyl (C=O) groups is 2. The number of nitrogens with zero attached hydrogens (tertiary/aromatic N) is 2. The van der Waals surface area contributed by atoms with Crippen LogP contribution in [0.2, 0.25) is 0 Å². The van der Waals surface area contributed by atoms with E-state index in [2.05, 4.69) is 31.9 Å². The van der Waals surface area contributed by atoms with E-state index in [9.17, 15) is 18.0 Å². The highest BCUT2D eigenvalue weighted by Crippen LogP contribution is 2.26. The van der Waals surface area contributed by atoms with Gasteiger partial charge in [-0.15, -0.1) is 0 Å². The van der Waals surface area contributed by atoms with Crippen molar-refractivity contribution in [2.24, 2.45) is 11.8 Å². The van der Waals surface area contributed by atoms with Gasteiger partial charge < -0.3 is 9.64 Å². The molecule has 0 aliphatic carbocycles. The third-order valence-corrected chi connectivity index (χ3v) is 10.0. The molecule has 1 amide bonds. The van der Waals surface area contributed by atoms with Gasteiger partial charge >= 0.3 is 5.97 Å². The second-order valence-electron chi connectivity index (χ2n) is 6.44. The van der Waals surface area contributed by atoms with E-state index in [0.717, 1.165) is 0 Å². The van der Waals surface area contributed by atoms with Gasteiger partial charge in [-0.2, -0.15) is 0 Å². The molecule has 25 heavy (non-hydrogen) atoms. The number of halogens is 2. The molecule has 1 aliphatic rings. The summed E-state index contributed by atoms with van der Waals surface area (Å²) in [6.45, 7) is 4.31. The number of hydrogen-bond donors (Lipinski definition) is 0. The Bertz CT molecular complexity index is 576. The maximum Gasteiger partial charge on any atom is 0.328 e. The van der Waals surface area contributed by atoms with Crippen molar-refractivity contribution >= 4 is 53.8 Å². The van der Waals surface area contributed by atoms with Gasteiger partial charge in [0.2, 0.25) is 15.9 Å². The average molecular weight is 506 g/mol. The van der Waals surface area contributed by atoms with Gasteiger partial charge in [0.05, 0.1) is 7.11 Å². The van der Waals surface area contributed by atoms with E-state index in [-0.39, 0.29) is 17.7 Å². The maximum absolute atomic E-state index is 12.7. The fraction of sp³-hybridized carbons (Fsp3) is 0.867. The molecule has 1 fully saturated rings. The number of sulfonamides is 1. The van der Waals surface area contributed by atoms with E-state index in [1.165, 1.54) is 16.3 Å². The lowest BCUT2D eigenvalue weighted by atomic mass is 9.94. The minimum atomic E-state index is -3.42. The van der Waals surface area contributed by atoms with Crippen molar-refractivity contribution in [3.63, 3.8) is 0 Å². The molecule has 0 saturated carbocycles. The Kier molecular flexibility index (Phi) is 8.83. The maximum atomic E-state index is 12.7. The van der Waals surface area contributed by atoms with Gasteiger partial charge in [-0.1, -0.05) is 45.7 Å². The molecular weight excluding hydrogens is 480 g/mol. The van der Waals surface area contributed by atoms with Crippen LogP contribution in [0.5, 0.6) is 0 Å². The molecule has 0 aromatic carbocycles. The zero-order valence-electron chi connectivity index (χ0n) is 14.9. The third kappa shape index (κ3) is 5.40. The standard InChI is InChI=1S/C15H26Br2N2O5S/c1-10(2)13(15(21)24-4)18(3)14(20)11-5-7-19(8-6-11)25(22,23)12(17)9-16/h10-13H,5-9H2,1-4H3/t12?,13-/m0/s1. The summed E-state index contributed by atoms with van der Waals surface area (Å²) in [6.07, 6.45) is 0.882. The molecule has 0 aromatic rings. The summed E-state index contributed by atoms with van der Waals surface area (Å²) in [5, 5.41) is 0.298. The van der Waals surface area contributed by atoms with Gasteiger partial charge in [-0.05, 0) is 18.8 Å². The molecule has 1 unspecified atom stereocenters. The smallest absolute Gasteiger partial charge is 0.328 e. The van der Waals surface area contributed by atoms with Gasteiger partial charge in [0.15, 0.2) is 0 Å². The van der Waals surface area contributed by atoms with Gasteiger partial charge in [0.1, 0.15) is 10.2 Å². The molecule has 1 heterocycles.